The third-order valence-electron chi connectivity index (χ3n) is 6.04. The van der Waals surface area contributed by atoms with Gasteiger partial charge in [-0.05, 0) is 43.8 Å². The van der Waals surface area contributed by atoms with Crippen molar-refractivity contribution in [3.63, 3.8) is 0 Å². The fourth-order valence-electron chi connectivity index (χ4n) is 4.13. The second-order valence-corrected chi connectivity index (χ2v) is 9.37. The smallest absolute Gasteiger partial charge is 0.235 e. The Hall–Kier alpha value is -3.04. The van der Waals surface area contributed by atoms with E-state index in [4.69, 9.17) is 9.47 Å². The third kappa shape index (κ3) is 4.43. The highest BCUT2D eigenvalue weighted by atomic mass is 32.2. The topological polar surface area (TPSA) is 72.7 Å². The van der Waals surface area contributed by atoms with Gasteiger partial charge in [-0.25, -0.2) is 0 Å². The fourth-order valence-corrected chi connectivity index (χ4v) is 5.08. The van der Waals surface area contributed by atoms with E-state index in [1.807, 2.05) is 64.9 Å². The van der Waals surface area contributed by atoms with Crippen molar-refractivity contribution >= 4 is 17.7 Å². The number of ether oxygens (including phenoxy) is 2. The lowest BCUT2D eigenvalue weighted by Gasteiger charge is -2.35. The van der Waals surface area contributed by atoms with Crippen molar-refractivity contribution in [3.8, 4) is 28.6 Å². The summed E-state index contributed by atoms with van der Waals surface area (Å²) in [5.74, 6) is 2.25. The van der Waals surface area contributed by atoms with E-state index < -0.39 is 0 Å². The minimum atomic E-state index is -0.269. The van der Waals surface area contributed by atoms with E-state index in [0.29, 0.717) is 16.7 Å². The molecule has 0 N–H and O–H groups in total. The lowest BCUT2D eigenvalue weighted by Crippen LogP contribution is -2.50. The van der Waals surface area contributed by atoms with Gasteiger partial charge in [0.15, 0.2) is 22.5 Å². The van der Waals surface area contributed by atoms with Gasteiger partial charge in [0.1, 0.15) is 0 Å². The van der Waals surface area contributed by atoms with E-state index in [-0.39, 0.29) is 18.0 Å². The van der Waals surface area contributed by atoms with Crippen LogP contribution in [-0.4, -0.2) is 75.2 Å². The first-order chi connectivity index (χ1) is 16.1. The number of rotatable bonds is 6. The van der Waals surface area contributed by atoms with Crippen LogP contribution in [0.1, 0.15) is 13.8 Å². The first-order valence-electron chi connectivity index (χ1n) is 11.2. The van der Waals surface area contributed by atoms with Crippen molar-refractivity contribution < 1.29 is 14.3 Å². The van der Waals surface area contributed by atoms with Crippen LogP contribution < -0.4 is 9.47 Å². The SMILES string of the molecule is CCN1CCN(C(=O)C(C)Sc2nnc(-c3ccc4c(c3)OCO4)n2-c2ccccc2)CC1. The molecule has 8 nitrogen and oxygen atoms in total. The summed E-state index contributed by atoms with van der Waals surface area (Å²) in [5, 5.41) is 9.39. The van der Waals surface area contributed by atoms with E-state index >= 15 is 0 Å². The molecule has 0 saturated carbocycles. The number of hydrogen-bond donors (Lipinski definition) is 0. The number of thioether (sulfide) groups is 1. The highest BCUT2D eigenvalue weighted by Gasteiger charge is 2.28. The summed E-state index contributed by atoms with van der Waals surface area (Å²) in [6.07, 6.45) is 0. The number of fused-ring (bicyclic) bond motifs is 1. The van der Waals surface area contributed by atoms with E-state index in [1.54, 1.807) is 0 Å². The highest BCUT2D eigenvalue weighted by molar-refractivity contribution is 8.00. The van der Waals surface area contributed by atoms with Crippen LogP contribution in [0.4, 0.5) is 0 Å². The average Bonchev–Trinajstić information content (AvgIpc) is 3.50. The molecular weight excluding hydrogens is 438 g/mol. The molecular formula is C24H27N5O3S. The molecule has 1 amide bonds. The quantitative estimate of drug-likeness (QED) is 0.517. The Morgan fingerprint density at radius 3 is 2.55 bits per heavy atom. The van der Waals surface area contributed by atoms with Crippen LogP contribution in [0.15, 0.2) is 53.7 Å². The van der Waals surface area contributed by atoms with Crippen molar-refractivity contribution in [3.05, 3.63) is 48.5 Å². The van der Waals surface area contributed by atoms with Gasteiger partial charge in [-0.15, -0.1) is 10.2 Å². The number of likely N-dealkylation sites (N-methyl/N-ethyl adjacent to an activating group) is 1. The Kier molecular flexibility index (Phi) is 6.24. The maximum atomic E-state index is 13.1. The Bertz CT molecular complexity index is 1130. The number of aromatic nitrogens is 3. The van der Waals surface area contributed by atoms with Crippen LogP contribution in [0.25, 0.3) is 17.1 Å². The molecule has 1 atom stereocenters. The van der Waals surface area contributed by atoms with Crippen LogP contribution in [0, 0.1) is 0 Å². The Morgan fingerprint density at radius 1 is 1.03 bits per heavy atom. The Balaban J connectivity index is 1.42. The standard InChI is InChI=1S/C24H27N5O3S/c1-3-27-11-13-28(14-12-27)23(30)17(2)33-24-26-25-22(29(24)19-7-5-4-6-8-19)18-9-10-20-21(15-18)32-16-31-20/h4-10,15,17H,3,11-14,16H2,1-2H3. The zero-order valence-electron chi connectivity index (χ0n) is 18.8. The number of amides is 1. The molecule has 172 valence electrons. The summed E-state index contributed by atoms with van der Waals surface area (Å²) in [5.41, 5.74) is 1.81. The number of carbonyl (C=O) groups is 1. The number of piperazine rings is 1. The maximum Gasteiger partial charge on any atom is 0.235 e. The molecule has 1 fully saturated rings. The molecule has 2 aliphatic rings. The molecule has 1 unspecified atom stereocenters. The predicted octanol–water partition coefficient (Wildman–Crippen LogP) is 3.31. The van der Waals surface area contributed by atoms with Crippen molar-refractivity contribution in [1.29, 1.82) is 0 Å². The van der Waals surface area contributed by atoms with Crippen molar-refractivity contribution in [2.75, 3.05) is 39.5 Å². The minimum absolute atomic E-state index is 0.142. The largest absolute Gasteiger partial charge is 0.454 e. The van der Waals surface area contributed by atoms with Crippen LogP contribution in [0.2, 0.25) is 0 Å². The molecule has 2 aromatic carbocycles. The summed E-state index contributed by atoms with van der Waals surface area (Å²) in [7, 11) is 0. The molecule has 1 aromatic heterocycles. The number of carbonyl (C=O) groups excluding carboxylic acids is 1. The van der Waals surface area contributed by atoms with Crippen LogP contribution >= 0.6 is 11.8 Å². The highest BCUT2D eigenvalue weighted by Crippen LogP contribution is 2.37. The summed E-state index contributed by atoms with van der Waals surface area (Å²) in [6.45, 7) is 8.74. The molecule has 3 aromatic rings. The molecule has 2 aliphatic heterocycles. The molecule has 3 heterocycles. The summed E-state index contributed by atoms with van der Waals surface area (Å²) < 4.78 is 13.0. The number of benzene rings is 2. The van der Waals surface area contributed by atoms with Crippen LogP contribution in [-0.2, 0) is 4.79 Å². The third-order valence-corrected chi connectivity index (χ3v) is 7.07. The number of hydrogen-bond acceptors (Lipinski definition) is 7. The average molecular weight is 466 g/mol. The van der Waals surface area contributed by atoms with Gasteiger partial charge in [0.2, 0.25) is 12.7 Å². The minimum Gasteiger partial charge on any atom is -0.454 e. The number of para-hydroxylation sites is 1. The number of nitrogens with zero attached hydrogens (tertiary/aromatic N) is 5. The molecule has 0 radical (unpaired) electrons. The first kappa shape index (κ1) is 21.8. The van der Waals surface area contributed by atoms with Gasteiger partial charge in [0, 0.05) is 37.4 Å². The second kappa shape index (κ2) is 9.44. The lowest BCUT2D eigenvalue weighted by molar-refractivity contribution is -0.132. The van der Waals surface area contributed by atoms with Crippen molar-refractivity contribution in [2.45, 2.75) is 24.3 Å². The molecule has 33 heavy (non-hydrogen) atoms. The first-order valence-corrected chi connectivity index (χ1v) is 12.1. The molecule has 0 aliphatic carbocycles. The van der Waals surface area contributed by atoms with Gasteiger partial charge >= 0.3 is 0 Å². The maximum absolute atomic E-state index is 13.1. The van der Waals surface area contributed by atoms with Gasteiger partial charge in [-0.2, -0.15) is 0 Å². The molecule has 5 rings (SSSR count). The van der Waals surface area contributed by atoms with Gasteiger partial charge in [-0.1, -0.05) is 36.9 Å². The summed E-state index contributed by atoms with van der Waals surface area (Å²) in [4.78, 5) is 17.5. The van der Waals surface area contributed by atoms with Crippen LogP contribution in [0.3, 0.4) is 0 Å². The van der Waals surface area contributed by atoms with Gasteiger partial charge in [0.25, 0.3) is 0 Å². The Labute approximate surface area is 197 Å². The normalized spacial score (nSPS) is 16.7. The van der Waals surface area contributed by atoms with Gasteiger partial charge in [0.05, 0.1) is 5.25 Å². The van der Waals surface area contributed by atoms with Gasteiger partial charge in [-0.3, -0.25) is 9.36 Å². The molecule has 1 saturated heterocycles. The van der Waals surface area contributed by atoms with E-state index in [1.165, 1.54) is 11.8 Å². The zero-order valence-corrected chi connectivity index (χ0v) is 19.6. The zero-order chi connectivity index (χ0) is 22.8. The van der Waals surface area contributed by atoms with Crippen molar-refractivity contribution in [2.24, 2.45) is 0 Å². The van der Waals surface area contributed by atoms with Crippen molar-refractivity contribution in [1.82, 2.24) is 24.6 Å². The summed E-state index contributed by atoms with van der Waals surface area (Å²) >= 11 is 1.44. The summed E-state index contributed by atoms with van der Waals surface area (Å²) in [6, 6.07) is 15.7. The van der Waals surface area contributed by atoms with E-state index in [9.17, 15) is 4.79 Å². The molecule has 0 spiro atoms. The Morgan fingerprint density at radius 2 is 1.79 bits per heavy atom. The fraction of sp³-hybridized carbons (Fsp3) is 0.375. The lowest BCUT2D eigenvalue weighted by atomic mass is 10.2. The van der Waals surface area contributed by atoms with Gasteiger partial charge < -0.3 is 19.3 Å². The van der Waals surface area contributed by atoms with E-state index in [0.717, 1.165) is 49.7 Å². The molecule has 0 bridgehead atoms. The molecule has 9 heteroatoms. The second-order valence-electron chi connectivity index (χ2n) is 8.06. The van der Waals surface area contributed by atoms with E-state index in [2.05, 4.69) is 22.0 Å². The predicted molar refractivity (Wildman–Crippen MR) is 127 cm³/mol. The monoisotopic (exact) mass is 465 g/mol. The van der Waals surface area contributed by atoms with Crippen LogP contribution in [0.5, 0.6) is 11.5 Å².